The van der Waals surface area contributed by atoms with Crippen LogP contribution in [0.3, 0.4) is 0 Å². The standard InChI is InChI=1S/C10H15F2N3O/c1-13-5-6-15(2)9-4-3-8(7-14-9)16-10(11)12/h3-4,7,10,13H,5-6H2,1-2H3. The number of anilines is 1. The molecular formula is C10H15F2N3O. The summed E-state index contributed by atoms with van der Waals surface area (Å²) >= 11 is 0. The van der Waals surface area contributed by atoms with Crippen molar-refractivity contribution in [1.82, 2.24) is 10.3 Å². The summed E-state index contributed by atoms with van der Waals surface area (Å²) in [6.45, 7) is -1.19. The van der Waals surface area contributed by atoms with Crippen LogP contribution in [0.1, 0.15) is 0 Å². The number of pyridine rings is 1. The third-order valence-corrected chi connectivity index (χ3v) is 2.03. The Bertz CT molecular complexity index is 305. The van der Waals surface area contributed by atoms with Gasteiger partial charge in [0.05, 0.1) is 6.20 Å². The molecule has 0 unspecified atom stereocenters. The van der Waals surface area contributed by atoms with Gasteiger partial charge in [-0.15, -0.1) is 0 Å². The van der Waals surface area contributed by atoms with Gasteiger partial charge in [0.15, 0.2) is 0 Å². The second-order valence-electron chi connectivity index (χ2n) is 3.26. The second kappa shape index (κ2) is 6.22. The molecule has 0 amide bonds. The number of aromatic nitrogens is 1. The first-order valence-corrected chi connectivity index (χ1v) is 4.90. The van der Waals surface area contributed by atoms with Crippen LogP contribution in [0.5, 0.6) is 5.75 Å². The van der Waals surface area contributed by atoms with Gasteiger partial charge in [-0.2, -0.15) is 8.78 Å². The van der Waals surface area contributed by atoms with Crippen LogP contribution in [0.2, 0.25) is 0 Å². The largest absolute Gasteiger partial charge is 0.433 e. The number of ether oxygens (including phenoxy) is 1. The van der Waals surface area contributed by atoms with Crippen LogP contribution >= 0.6 is 0 Å². The van der Waals surface area contributed by atoms with Gasteiger partial charge in [-0.1, -0.05) is 0 Å². The second-order valence-corrected chi connectivity index (χ2v) is 3.26. The van der Waals surface area contributed by atoms with Crippen molar-refractivity contribution in [2.75, 3.05) is 32.1 Å². The summed E-state index contributed by atoms with van der Waals surface area (Å²) in [6.07, 6.45) is 1.29. The van der Waals surface area contributed by atoms with Crippen LogP contribution in [0.15, 0.2) is 18.3 Å². The van der Waals surface area contributed by atoms with Crippen LogP contribution in [0.4, 0.5) is 14.6 Å². The predicted molar refractivity (Wildman–Crippen MR) is 58.1 cm³/mol. The Balaban J connectivity index is 2.56. The molecule has 0 radical (unpaired) electrons. The zero-order valence-electron chi connectivity index (χ0n) is 9.28. The molecule has 0 saturated heterocycles. The van der Waals surface area contributed by atoms with Crippen molar-refractivity contribution in [3.05, 3.63) is 18.3 Å². The molecule has 6 heteroatoms. The minimum Gasteiger partial charge on any atom is -0.433 e. The average molecular weight is 231 g/mol. The molecule has 0 fully saturated rings. The van der Waals surface area contributed by atoms with Gasteiger partial charge in [0.2, 0.25) is 0 Å². The molecule has 0 aromatic carbocycles. The Kier molecular flexibility index (Phi) is 4.91. The normalized spacial score (nSPS) is 10.6. The number of halogens is 2. The highest BCUT2D eigenvalue weighted by atomic mass is 19.3. The summed E-state index contributed by atoms with van der Waals surface area (Å²) in [6, 6.07) is 3.12. The van der Waals surface area contributed by atoms with E-state index in [1.54, 1.807) is 6.07 Å². The predicted octanol–water partition coefficient (Wildman–Crippen LogP) is 1.34. The van der Waals surface area contributed by atoms with Crippen LogP contribution < -0.4 is 15.0 Å². The first kappa shape index (κ1) is 12.6. The number of nitrogens with zero attached hydrogens (tertiary/aromatic N) is 2. The molecule has 1 aromatic heterocycles. The van der Waals surface area contributed by atoms with E-state index in [1.165, 1.54) is 12.3 Å². The third-order valence-electron chi connectivity index (χ3n) is 2.03. The summed E-state index contributed by atoms with van der Waals surface area (Å²) in [5.74, 6) is 0.789. The molecule has 1 heterocycles. The van der Waals surface area contributed by atoms with Crippen LogP contribution in [0.25, 0.3) is 0 Å². The molecule has 16 heavy (non-hydrogen) atoms. The molecule has 90 valence electrons. The minimum atomic E-state index is -2.81. The fourth-order valence-electron chi connectivity index (χ4n) is 1.16. The molecule has 0 bridgehead atoms. The van der Waals surface area contributed by atoms with E-state index in [2.05, 4.69) is 15.0 Å². The lowest BCUT2D eigenvalue weighted by molar-refractivity contribution is -0.0500. The smallest absolute Gasteiger partial charge is 0.387 e. The number of hydrogen-bond acceptors (Lipinski definition) is 4. The number of rotatable bonds is 6. The van der Waals surface area contributed by atoms with Crippen LogP contribution in [-0.2, 0) is 0 Å². The summed E-state index contributed by atoms with van der Waals surface area (Å²) in [5.41, 5.74) is 0. The van der Waals surface area contributed by atoms with Gasteiger partial charge in [-0.05, 0) is 19.2 Å². The fraction of sp³-hybridized carbons (Fsp3) is 0.500. The fourth-order valence-corrected chi connectivity index (χ4v) is 1.16. The number of nitrogens with one attached hydrogen (secondary N) is 1. The zero-order chi connectivity index (χ0) is 12.0. The zero-order valence-corrected chi connectivity index (χ0v) is 9.28. The monoisotopic (exact) mass is 231 g/mol. The molecule has 1 N–H and O–H groups in total. The van der Waals surface area contributed by atoms with Crippen molar-refractivity contribution in [2.24, 2.45) is 0 Å². The van der Waals surface area contributed by atoms with E-state index in [4.69, 9.17) is 0 Å². The average Bonchev–Trinajstić information content (AvgIpc) is 2.26. The lowest BCUT2D eigenvalue weighted by Crippen LogP contribution is -2.27. The van der Waals surface area contributed by atoms with Gasteiger partial charge in [0.25, 0.3) is 0 Å². The van der Waals surface area contributed by atoms with E-state index in [-0.39, 0.29) is 5.75 Å². The topological polar surface area (TPSA) is 37.4 Å². The molecule has 0 saturated carbocycles. The van der Waals surface area contributed by atoms with E-state index in [0.29, 0.717) is 0 Å². The lowest BCUT2D eigenvalue weighted by atomic mass is 10.4. The third kappa shape index (κ3) is 3.98. The van der Waals surface area contributed by atoms with Gasteiger partial charge in [-0.3, -0.25) is 0 Å². The van der Waals surface area contributed by atoms with Crippen molar-refractivity contribution >= 4 is 5.82 Å². The highest BCUT2D eigenvalue weighted by Gasteiger charge is 2.06. The number of likely N-dealkylation sites (N-methyl/N-ethyl adjacent to an activating group) is 2. The quantitative estimate of drug-likeness (QED) is 0.801. The molecule has 0 atom stereocenters. The van der Waals surface area contributed by atoms with Crippen molar-refractivity contribution < 1.29 is 13.5 Å². The maximum absolute atomic E-state index is 11.9. The molecule has 0 aliphatic rings. The Morgan fingerprint density at radius 2 is 2.25 bits per heavy atom. The van der Waals surface area contributed by atoms with E-state index in [9.17, 15) is 8.78 Å². The summed E-state index contributed by atoms with van der Waals surface area (Å²) in [5, 5.41) is 3.01. The first-order valence-electron chi connectivity index (χ1n) is 4.90. The van der Waals surface area contributed by atoms with E-state index >= 15 is 0 Å². The van der Waals surface area contributed by atoms with Gasteiger partial charge in [0, 0.05) is 20.1 Å². The summed E-state index contributed by atoms with van der Waals surface area (Å²) < 4.78 is 28.0. The summed E-state index contributed by atoms with van der Waals surface area (Å²) in [4.78, 5) is 5.94. The molecule has 1 aromatic rings. The molecule has 4 nitrogen and oxygen atoms in total. The van der Waals surface area contributed by atoms with E-state index in [1.807, 2.05) is 19.0 Å². The number of hydrogen-bond donors (Lipinski definition) is 1. The summed E-state index contributed by atoms with van der Waals surface area (Å²) in [7, 11) is 3.74. The van der Waals surface area contributed by atoms with E-state index in [0.717, 1.165) is 18.9 Å². The van der Waals surface area contributed by atoms with Gasteiger partial charge >= 0.3 is 6.61 Å². The van der Waals surface area contributed by atoms with Gasteiger partial charge in [-0.25, -0.2) is 4.98 Å². The SMILES string of the molecule is CNCCN(C)c1ccc(OC(F)F)cn1. The maximum Gasteiger partial charge on any atom is 0.387 e. The molecular weight excluding hydrogens is 216 g/mol. The first-order chi connectivity index (χ1) is 7.63. The van der Waals surface area contributed by atoms with Crippen molar-refractivity contribution in [3.8, 4) is 5.75 Å². The van der Waals surface area contributed by atoms with Crippen molar-refractivity contribution in [1.29, 1.82) is 0 Å². The van der Waals surface area contributed by atoms with Gasteiger partial charge < -0.3 is 15.0 Å². The van der Waals surface area contributed by atoms with Crippen LogP contribution in [-0.4, -0.2) is 38.8 Å². The molecule has 0 aliphatic carbocycles. The van der Waals surface area contributed by atoms with Crippen molar-refractivity contribution in [2.45, 2.75) is 6.61 Å². The maximum atomic E-state index is 11.9. The van der Waals surface area contributed by atoms with E-state index < -0.39 is 6.61 Å². The Morgan fingerprint density at radius 3 is 2.75 bits per heavy atom. The highest BCUT2D eigenvalue weighted by Crippen LogP contribution is 2.16. The number of alkyl halides is 2. The van der Waals surface area contributed by atoms with Crippen molar-refractivity contribution in [3.63, 3.8) is 0 Å². The highest BCUT2D eigenvalue weighted by molar-refractivity contribution is 5.39. The minimum absolute atomic E-state index is 0.0702. The Labute approximate surface area is 93.2 Å². The van der Waals surface area contributed by atoms with Crippen LogP contribution in [0, 0.1) is 0 Å². The molecule has 1 rings (SSSR count). The van der Waals surface area contributed by atoms with Gasteiger partial charge in [0.1, 0.15) is 11.6 Å². The molecule has 0 aliphatic heterocycles. The Hall–Kier alpha value is -1.43. The molecule has 0 spiro atoms. The lowest BCUT2D eigenvalue weighted by Gasteiger charge is -2.17. The Morgan fingerprint density at radius 1 is 1.50 bits per heavy atom.